The summed E-state index contributed by atoms with van der Waals surface area (Å²) in [4.78, 5) is 28.0. The number of carbonyl (C=O) groups excluding carboxylic acids is 2. The van der Waals surface area contributed by atoms with Gasteiger partial charge in [-0.2, -0.15) is 0 Å². The molecular formula is C29H33Cl2IN2O7. The Morgan fingerprint density at radius 1 is 1.22 bits per heavy atom. The summed E-state index contributed by atoms with van der Waals surface area (Å²) in [5.41, 5.74) is 1.49. The molecule has 41 heavy (non-hydrogen) atoms. The average molecular weight is 719 g/mol. The molecule has 1 aliphatic rings. The summed E-state index contributed by atoms with van der Waals surface area (Å²) in [5.74, 6) is -0.187. The normalized spacial score (nSPS) is 18.6. The molecule has 9 nitrogen and oxygen atoms in total. The first-order valence-corrected chi connectivity index (χ1v) is 14.8. The molecule has 0 spiro atoms. The number of methoxy groups -OCH3 is 1. The van der Waals surface area contributed by atoms with Crippen LogP contribution in [0.4, 0.5) is 0 Å². The summed E-state index contributed by atoms with van der Waals surface area (Å²) < 4.78 is 12.4. The van der Waals surface area contributed by atoms with E-state index in [4.69, 9.17) is 32.7 Å². The van der Waals surface area contributed by atoms with Gasteiger partial charge >= 0.3 is 0 Å². The lowest BCUT2D eigenvalue weighted by molar-refractivity contribution is -0.134. The number of aliphatic hydroxyl groups excluding tert-OH is 3. The van der Waals surface area contributed by atoms with Crippen molar-refractivity contribution in [2.75, 3.05) is 20.3 Å². The van der Waals surface area contributed by atoms with Crippen molar-refractivity contribution in [3.63, 3.8) is 0 Å². The molecule has 0 saturated carbocycles. The van der Waals surface area contributed by atoms with E-state index in [1.165, 1.54) is 24.2 Å². The van der Waals surface area contributed by atoms with Crippen molar-refractivity contribution in [1.82, 2.24) is 10.2 Å². The molecule has 12 heteroatoms. The van der Waals surface area contributed by atoms with E-state index in [1.54, 1.807) is 36.4 Å². The fourth-order valence-electron chi connectivity index (χ4n) is 4.40. The maximum Gasteiger partial charge on any atom is 0.247 e. The van der Waals surface area contributed by atoms with Crippen LogP contribution in [0.3, 0.4) is 0 Å². The topological polar surface area (TPSA) is 129 Å². The quantitative estimate of drug-likeness (QED) is 0.193. The van der Waals surface area contributed by atoms with Crippen molar-refractivity contribution in [3.8, 4) is 11.5 Å². The van der Waals surface area contributed by atoms with E-state index in [0.717, 1.165) is 0 Å². The zero-order chi connectivity index (χ0) is 30.1. The Balaban J connectivity index is 2.07. The molecule has 1 aliphatic carbocycles. The minimum absolute atomic E-state index is 0.0207. The Kier molecular flexibility index (Phi) is 12.7. The Morgan fingerprint density at radius 2 is 1.98 bits per heavy atom. The van der Waals surface area contributed by atoms with Gasteiger partial charge < -0.3 is 35.0 Å². The number of amides is 2. The van der Waals surface area contributed by atoms with E-state index in [-0.39, 0.29) is 44.2 Å². The van der Waals surface area contributed by atoms with E-state index in [1.807, 2.05) is 29.5 Å². The van der Waals surface area contributed by atoms with Gasteiger partial charge in [0.2, 0.25) is 11.8 Å². The number of halogens is 3. The zero-order valence-electron chi connectivity index (χ0n) is 22.6. The third kappa shape index (κ3) is 8.59. The van der Waals surface area contributed by atoms with E-state index in [9.17, 15) is 24.9 Å². The molecule has 2 amide bonds. The molecule has 0 heterocycles. The van der Waals surface area contributed by atoms with Gasteiger partial charge in [-0.3, -0.25) is 9.59 Å². The first-order valence-electron chi connectivity index (χ1n) is 13.0. The number of benzene rings is 2. The van der Waals surface area contributed by atoms with Crippen LogP contribution >= 0.6 is 45.8 Å². The van der Waals surface area contributed by atoms with Crippen molar-refractivity contribution in [2.45, 2.75) is 51.2 Å². The molecule has 0 saturated heterocycles. The van der Waals surface area contributed by atoms with Crippen molar-refractivity contribution >= 4 is 57.6 Å². The Labute approximate surface area is 262 Å². The third-order valence-corrected chi connectivity index (χ3v) is 7.86. The van der Waals surface area contributed by atoms with Gasteiger partial charge in [0, 0.05) is 35.1 Å². The maximum absolute atomic E-state index is 13.5. The predicted octanol–water partition coefficient (Wildman–Crippen LogP) is 4.01. The summed E-state index contributed by atoms with van der Waals surface area (Å²) in [7, 11) is 1.46. The summed E-state index contributed by atoms with van der Waals surface area (Å²) in [6, 6.07) is 7.39. The van der Waals surface area contributed by atoms with E-state index >= 15 is 0 Å². The molecule has 0 fully saturated rings. The number of hydrogen-bond acceptors (Lipinski definition) is 7. The molecule has 2 aromatic rings. The van der Waals surface area contributed by atoms with E-state index in [0.29, 0.717) is 42.7 Å². The van der Waals surface area contributed by atoms with Gasteiger partial charge in [-0.25, -0.2) is 0 Å². The van der Waals surface area contributed by atoms with Crippen LogP contribution in [0.1, 0.15) is 30.9 Å². The highest BCUT2D eigenvalue weighted by atomic mass is 127. The number of carbonyl (C=O) groups is 2. The second-order valence-electron chi connectivity index (χ2n) is 9.30. The van der Waals surface area contributed by atoms with Gasteiger partial charge in [0.05, 0.1) is 29.9 Å². The fraction of sp³-hybridized carbons (Fsp3) is 0.379. The largest absolute Gasteiger partial charge is 0.493 e. The van der Waals surface area contributed by atoms with Crippen LogP contribution in [0, 0.1) is 3.57 Å². The lowest BCUT2D eigenvalue weighted by Gasteiger charge is -2.40. The molecule has 3 atom stereocenters. The summed E-state index contributed by atoms with van der Waals surface area (Å²) in [6.45, 7) is 1.51. The van der Waals surface area contributed by atoms with Crippen molar-refractivity contribution < 1.29 is 34.4 Å². The van der Waals surface area contributed by atoms with Gasteiger partial charge in [0.25, 0.3) is 0 Å². The number of hydrogen-bond donors (Lipinski definition) is 4. The second-order valence-corrected chi connectivity index (χ2v) is 11.3. The van der Waals surface area contributed by atoms with Crippen LogP contribution in [-0.2, 0) is 22.7 Å². The van der Waals surface area contributed by atoms with Crippen LogP contribution < -0.4 is 14.8 Å². The van der Waals surface area contributed by atoms with Crippen molar-refractivity contribution in [1.29, 1.82) is 0 Å². The number of rotatable bonds is 12. The lowest BCUT2D eigenvalue weighted by atomic mass is 9.87. The number of ether oxygens (including phenoxy) is 2. The Hall–Kier alpha value is -2.35. The molecule has 222 valence electrons. The van der Waals surface area contributed by atoms with E-state index < -0.39 is 24.2 Å². The third-order valence-electron chi connectivity index (χ3n) is 6.48. The van der Waals surface area contributed by atoms with E-state index in [2.05, 4.69) is 5.32 Å². The average Bonchev–Trinajstić information content (AvgIpc) is 2.96. The zero-order valence-corrected chi connectivity index (χ0v) is 26.3. The highest BCUT2D eigenvalue weighted by molar-refractivity contribution is 14.1. The first kappa shape index (κ1) is 33.2. The maximum atomic E-state index is 13.5. The lowest BCUT2D eigenvalue weighted by Crippen LogP contribution is -2.54. The van der Waals surface area contributed by atoms with Gasteiger partial charge in [-0.05, 0) is 76.6 Å². The monoisotopic (exact) mass is 718 g/mol. The SMILES string of the molecule is CCC=CC(=O)N(Cc1ccc(Cl)cc1Cl)C1CC(C(=O)NCCO)=CC(Oc2c(I)cc(CO)cc2OC)C1O. The van der Waals surface area contributed by atoms with Crippen LogP contribution in [0.2, 0.25) is 10.0 Å². The van der Waals surface area contributed by atoms with Gasteiger partial charge in [-0.1, -0.05) is 42.3 Å². The number of nitrogens with zero attached hydrogens (tertiary/aromatic N) is 1. The molecular weight excluding hydrogens is 686 g/mol. The first-order chi connectivity index (χ1) is 19.6. The minimum atomic E-state index is -1.26. The Morgan fingerprint density at radius 3 is 2.61 bits per heavy atom. The van der Waals surface area contributed by atoms with Gasteiger partial charge in [0.1, 0.15) is 12.2 Å². The molecule has 2 aromatic carbocycles. The smallest absolute Gasteiger partial charge is 0.247 e. The standard InChI is InChI=1S/C29H33Cl2IN2O7/c1-3-4-5-26(37)34(15-18-6-7-20(30)14-21(18)31)23-12-19(29(39)33-8-9-35)13-24(27(23)38)41-28-22(32)10-17(16-36)11-25(28)40-2/h4-7,10-11,13-14,23-24,27,35-36,38H,3,8-9,12,15-16H2,1-2H3,(H,33,39). The molecule has 4 N–H and O–H groups in total. The minimum Gasteiger partial charge on any atom is -0.493 e. The highest BCUT2D eigenvalue weighted by Crippen LogP contribution is 2.37. The second kappa shape index (κ2) is 15.8. The number of allylic oxidation sites excluding steroid dienone is 1. The van der Waals surface area contributed by atoms with Crippen molar-refractivity contribution in [3.05, 3.63) is 78.9 Å². The molecule has 0 radical (unpaired) electrons. The van der Waals surface area contributed by atoms with Crippen LogP contribution in [0.25, 0.3) is 0 Å². The van der Waals surface area contributed by atoms with Crippen LogP contribution in [0.15, 0.2) is 54.1 Å². The van der Waals surface area contributed by atoms with Crippen LogP contribution in [-0.4, -0.2) is 70.5 Å². The Bertz CT molecular complexity index is 1300. The van der Waals surface area contributed by atoms with Crippen LogP contribution in [0.5, 0.6) is 11.5 Å². The van der Waals surface area contributed by atoms with Gasteiger partial charge in [0.15, 0.2) is 11.5 Å². The summed E-state index contributed by atoms with van der Waals surface area (Å²) in [5, 5.41) is 33.9. The van der Waals surface area contributed by atoms with Gasteiger partial charge in [-0.15, -0.1) is 0 Å². The molecule has 3 rings (SSSR count). The molecule has 0 bridgehead atoms. The summed E-state index contributed by atoms with van der Waals surface area (Å²) >= 11 is 14.6. The van der Waals surface area contributed by atoms with Crippen molar-refractivity contribution in [2.24, 2.45) is 0 Å². The molecule has 0 aromatic heterocycles. The fourth-order valence-corrected chi connectivity index (χ4v) is 5.66. The summed E-state index contributed by atoms with van der Waals surface area (Å²) in [6.07, 6.45) is 2.98. The highest BCUT2D eigenvalue weighted by Gasteiger charge is 2.40. The number of nitrogens with one attached hydrogen (secondary N) is 1. The predicted molar refractivity (Wildman–Crippen MR) is 165 cm³/mol. The number of aliphatic hydroxyl groups is 3. The molecule has 3 unspecified atom stereocenters. The molecule has 0 aliphatic heterocycles.